The molecule has 1 aromatic heterocycles. The fraction of sp³-hybridized carbons (Fsp3) is 0.185. The van der Waals surface area contributed by atoms with Crippen LogP contribution >= 0.6 is 22.9 Å². The highest BCUT2D eigenvalue weighted by Gasteiger charge is 2.26. The van der Waals surface area contributed by atoms with Gasteiger partial charge < -0.3 is 14.2 Å². The summed E-state index contributed by atoms with van der Waals surface area (Å²) >= 11 is 7.39. The molecule has 0 saturated carbocycles. The van der Waals surface area contributed by atoms with Crippen molar-refractivity contribution in [3.05, 3.63) is 91.5 Å². The number of ether oxygens (including phenoxy) is 3. The fourth-order valence-corrected chi connectivity index (χ4v) is 6.77. The van der Waals surface area contributed by atoms with Crippen molar-refractivity contribution < 1.29 is 27.6 Å². The lowest BCUT2D eigenvalue weighted by Crippen LogP contribution is -2.40. The van der Waals surface area contributed by atoms with Gasteiger partial charge in [0.2, 0.25) is 21.6 Å². The van der Waals surface area contributed by atoms with E-state index in [2.05, 4.69) is 5.10 Å². The summed E-state index contributed by atoms with van der Waals surface area (Å²) in [4.78, 5) is 16.6. The van der Waals surface area contributed by atoms with Crippen molar-refractivity contribution in [1.29, 1.82) is 0 Å². The molecule has 4 aromatic rings. The number of nitro groups is 1. The van der Waals surface area contributed by atoms with E-state index in [1.807, 2.05) is 17.5 Å². The van der Waals surface area contributed by atoms with E-state index < -0.39 is 14.9 Å². The van der Waals surface area contributed by atoms with Gasteiger partial charge in [-0.05, 0) is 42.5 Å². The summed E-state index contributed by atoms with van der Waals surface area (Å²) in [5.41, 5.74) is 1.98. The highest BCUT2D eigenvalue weighted by molar-refractivity contribution is 7.89. The second-order valence-electron chi connectivity index (χ2n) is 9.11. The summed E-state index contributed by atoms with van der Waals surface area (Å²) in [6.45, 7) is 1.30. The number of rotatable bonds is 7. The molecule has 216 valence electrons. The first kappa shape index (κ1) is 28.1. The van der Waals surface area contributed by atoms with Crippen LogP contribution in [0.4, 0.5) is 11.4 Å². The van der Waals surface area contributed by atoms with Crippen molar-refractivity contribution in [3.63, 3.8) is 0 Å². The van der Waals surface area contributed by atoms with Crippen LogP contribution in [-0.2, 0) is 14.8 Å². The second kappa shape index (κ2) is 11.7. The average molecular weight is 628 g/mol. The lowest BCUT2D eigenvalue weighted by molar-refractivity contribution is -0.385. The minimum Gasteiger partial charge on any atom is -0.454 e. The molecule has 42 heavy (non-hydrogen) atoms. The van der Waals surface area contributed by atoms with Crippen molar-refractivity contribution in [3.8, 4) is 22.8 Å². The third-order valence-corrected chi connectivity index (χ3v) is 9.51. The molecule has 1 fully saturated rings. The molecule has 15 heteroatoms. The van der Waals surface area contributed by atoms with Crippen LogP contribution in [0, 0.1) is 10.1 Å². The molecule has 0 spiro atoms. The molecule has 0 radical (unpaired) electrons. The number of morpholine rings is 1. The number of benzene rings is 3. The van der Waals surface area contributed by atoms with Crippen LogP contribution in [0.25, 0.3) is 11.3 Å². The molecule has 0 atom stereocenters. The molecule has 0 amide bonds. The Morgan fingerprint density at radius 1 is 1.00 bits per heavy atom. The molecule has 12 nitrogen and oxygen atoms in total. The summed E-state index contributed by atoms with van der Waals surface area (Å²) in [5.74, 6) is 0.672. The number of aromatic nitrogens is 1. The van der Waals surface area contributed by atoms with Crippen molar-refractivity contribution >= 4 is 50.6 Å². The van der Waals surface area contributed by atoms with Crippen LogP contribution in [0.3, 0.4) is 0 Å². The van der Waals surface area contributed by atoms with Crippen LogP contribution in [0.2, 0.25) is 5.02 Å². The molecule has 1 saturated heterocycles. The molecule has 2 aliphatic rings. The summed E-state index contributed by atoms with van der Waals surface area (Å²) in [6, 6.07) is 16.2. The third-order valence-electron chi connectivity index (χ3n) is 6.53. The molecule has 0 unspecified atom stereocenters. The zero-order valence-electron chi connectivity index (χ0n) is 21.8. The molecule has 0 N–H and O–H groups in total. The van der Waals surface area contributed by atoms with E-state index in [0.29, 0.717) is 59.0 Å². The van der Waals surface area contributed by atoms with E-state index in [1.165, 1.54) is 46.1 Å². The number of halogens is 1. The molecule has 3 aromatic carbocycles. The predicted molar refractivity (Wildman–Crippen MR) is 156 cm³/mol. The zero-order chi connectivity index (χ0) is 29.3. The van der Waals surface area contributed by atoms with Gasteiger partial charge in [0, 0.05) is 29.1 Å². The number of nitro benzene ring substituents is 1. The maximum Gasteiger partial charge on any atom is 0.282 e. The lowest BCUT2D eigenvalue weighted by atomic mass is 10.1. The van der Waals surface area contributed by atoms with E-state index in [-0.39, 0.29) is 22.9 Å². The third kappa shape index (κ3) is 5.67. The Kier molecular flexibility index (Phi) is 7.79. The zero-order valence-corrected chi connectivity index (χ0v) is 24.1. The summed E-state index contributed by atoms with van der Waals surface area (Å²) < 4.78 is 44.9. The Bertz CT molecular complexity index is 1850. The predicted octanol–water partition coefficient (Wildman–Crippen LogP) is 4.64. The van der Waals surface area contributed by atoms with Gasteiger partial charge in [0.05, 0.1) is 52.3 Å². The Morgan fingerprint density at radius 2 is 1.69 bits per heavy atom. The van der Waals surface area contributed by atoms with Crippen LogP contribution in [0.15, 0.2) is 81.0 Å². The number of nitrogens with zero attached hydrogens (tertiary/aromatic N) is 5. The SMILES string of the molecule is O=[N+]([O-])c1cc2c(cc1C=Nn1c(-c3ccc(Cl)cc3)csc1=Nc1ccc(S(=O)(=O)N3CCOCC3)cc1)OCO2. The maximum absolute atomic E-state index is 13.0. The first-order chi connectivity index (χ1) is 20.3. The molecule has 0 bridgehead atoms. The fourth-order valence-electron chi connectivity index (χ4n) is 4.38. The quantitative estimate of drug-likeness (QED) is 0.165. The second-order valence-corrected chi connectivity index (χ2v) is 12.3. The Balaban J connectivity index is 1.40. The van der Waals surface area contributed by atoms with Crippen LogP contribution in [0.1, 0.15) is 5.56 Å². The number of hydrogen-bond acceptors (Lipinski definition) is 10. The van der Waals surface area contributed by atoms with Crippen molar-refractivity contribution in [1.82, 2.24) is 8.98 Å². The largest absolute Gasteiger partial charge is 0.454 e. The van der Waals surface area contributed by atoms with Gasteiger partial charge in [0.15, 0.2) is 11.5 Å². The number of hydrogen-bond donors (Lipinski definition) is 0. The van der Waals surface area contributed by atoms with Crippen LogP contribution < -0.4 is 14.3 Å². The number of thiazole rings is 1. The van der Waals surface area contributed by atoms with Gasteiger partial charge in [-0.1, -0.05) is 23.7 Å². The lowest BCUT2D eigenvalue weighted by Gasteiger charge is -2.26. The molecule has 2 aliphatic heterocycles. The van der Waals surface area contributed by atoms with Gasteiger partial charge >= 0.3 is 0 Å². The minimum atomic E-state index is -3.65. The first-order valence-electron chi connectivity index (χ1n) is 12.6. The highest BCUT2D eigenvalue weighted by atomic mass is 35.5. The Labute approximate surface area is 248 Å². The van der Waals surface area contributed by atoms with Gasteiger partial charge in [-0.2, -0.15) is 9.41 Å². The van der Waals surface area contributed by atoms with E-state index in [9.17, 15) is 18.5 Å². The first-order valence-corrected chi connectivity index (χ1v) is 15.3. The van der Waals surface area contributed by atoms with Crippen molar-refractivity contribution in [2.45, 2.75) is 4.90 Å². The number of fused-ring (bicyclic) bond motifs is 1. The van der Waals surface area contributed by atoms with E-state index in [1.54, 1.807) is 28.9 Å². The highest BCUT2D eigenvalue weighted by Crippen LogP contribution is 2.37. The molecule has 3 heterocycles. The Hall–Kier alpha value is -4.08. The minimum absolute atomic E-state index is 0.0252. The summed E-state index contributed by atoms with van der Waals surface area (Å²) in [5, 5.41) is 18.8. The Morgan fingerprint density at radius 3 is 2.38 bits per heavy atom. The normalized spacial score (nSPS) is 15.9. The summed E-state index contributed by atoms with van der Waals surface area (Å²) in [7, 11) is -3.65. The van der Waals surface area contributed by atoms with Gasteiger partial charge in [-0.25, -0.2) is 18.1 Å². The van der Waals surface area contributed by atoms with E-state index in [4.69, 9.17) is 30.8 Å². The van der Waals surface area contributed by atoms with E-state index in [0.717, 1.165) is 5.56 Å². The monoisotopic (exact) mass is 627 g/mol. The van der Waals surface area contributed by atoms with Gasteiger partial charge in [-0.15, -0.1) is 11.3 Å². The average Bonchev–Trinajstić information content (AvgIpc) is 3.63. The standard InChI is InChI=1S/C27H22ClN5O7S2/c28-20-3-1-18(2-4-20)24-16-41-27(30-21-5-7-22(8-6-21)42(36,37)31-9-11-38-12-10-31)32(24)29-15-19-13-25-26(40-17-39-25)14-23(19)33(34)35/h1-8,13-16H,9-12,17H2. The molecule has 0 aliphatic carbocycles. The van der Waals surface area contributed by atoms with Crippen LogP contribution in [-0.4, -0.2) is 61.6 Å². The van der Waals surface area contributed by atoms with E-state index >= 15 is 0 Å². The van der Waals surface area contributed by atoms with Crippen molar-refractivity contribution in [2.24, 2.45) is 10.1 Å². The molecular weight excluding hydrogens is 606 g/mol. The van der Waals surface area contributed by atoms with Crippen LogP contribution in [0.5, 0.6) is 11.5 Å². The maximum atomic E-state index is 13.0. The van der Waals surface area contributed by atoms with Crippen molar-refractivity contribution in [2.75, 3.05) is 33.1 Å². The topological polar surface area (TPSA) is 138 Å². The molecular formula is C27H22ClN5O7S2. The number of sulfonamides is 1. The van der Waals surface area contributed by atoms with Gasteiger partial charge in [0.1, 0.15) is 0 Å². The van der Waals surface area contributed by atoms with Gasteiger partial charge in [0.25, 0.3) is 5.69 Å². The molecule has 6 rings (SSSR count). The smallest absolute Gasteiger partial charge is 0.282 e. The summed E-state index contributed by atoms with van der Waals surface area (Å²) in [6.07, 6.45) is 1.36. The van der Waals surface area contributed by atoms with Gasteiger partial charge in [-0.3, -0.25) is 10.1 Å².